The number of hydrogen-bond acceptors (Lipinski definition) is 11. The van der Waals surface area contributed by atoms with E-state index in [-0.39, 0.29) is 30.1 Å². The molecule has 0 aromatic carbocycles. The minimum absolute atomic E-state index is 0.101. The first-order valence-electron chi connectivity index (χ1n) is 17.7. The Labute approximate surface area is 282 Å². The summed E-state index contributed by atoms with van der Waals surface area (Å²) in [7, 11) is 0. The minimum atomic E-state index is -1.70. The van der Waals surface area contributed by atoms with Crippen molar-refractivity contribution in [3.05, 3.63) is 11.6 Å². The number of carboxylic acids is 1. The summed E-state index contributed by atoms with van der Waals surface area (Å²) in [5.74, 6) is -2.03. The number of hydrogen-bond donors (Lipinski definition) is 9. The highest BCUT2D eigenvalue weighted by Crippen LogP contribution is 2.76. The number of ether oxygens (including phenoxy) is 2. The molecule has 4 saturated carbocycles. The molecule has 0 aromatic heterocycles. The van der Waals surface area contributed by atoms with E-state index in [1.54, 1.807) is 6.92 Å². The zero-order valence-corrected chi connectivity index (χ0v) is 29.1. The highest BCUT2D eigenvalue weighted by atomic mass is 16.7. The van der Waals surface area contributed by atoms with E-state index in [1.807, 2.05) is 6.92 Å². The number of aliphatic hydroxyl groups excluding tert-OH is 8. The van der Waals surface area contributed by atoms with Crippen molar-refractivity contribution in [1.29, 1.82) is 0 Å². The summed E-state index contributed by atoms with van der Waals surface area (Å²) in [6.45, 7) is 11.2. The van der Waals surface area contributed by atoms with E-state index in [0.717, 1.165) is 5.57 Å². The minimum Gasteiger partial charge on any atom is -0.481 e. The van der Waals surface area contributed by atoms with Crippen LogP contribution in [0.2, 0.25) is 0 Å². The van der Waals surface area contributed by atoms with Crippen LogP contribution in [0.3, 0.4) is 0 Å². The number of allylic oxidation sites excluding steroid dienone is 2. The van der Waals surface area contributed by atoms with Crippen LogP contribution in [0, 0.1) is 50.2 Å². The number of fused-ring (bicyclic) bond motifs is 7. The van der Waals surface area contributed by atoms with E-state index < -0.39 is 107 Å². The van der Waals surface area contributed by atoms with Crippen molar-refractivity contribution >= 4 is 5.97 Å². The molecule has 5 fully saturated rings. The van der Waals surface area contributed by atoms with Gasteiger partial charge in [0.15, 0.2) is 6.29 Å². The van der Waals surface area contributed by atoms with Crippen LogP contribution in [0.1, 0.15) is 86.5 Å². The maximum Gasteiger partial charge on any atom is 0.312 e. The van der Waals surface area contributed by atoms with Crippen molar-refractivity contribution in [3.8, 4) is 0 Å². The summed E-state index contributed by atoms with van der Waals surface area (Å²) >= 11 is 0. The van der Waals surface area contributed by atoms with Crippen molar-refractivity contribution in [2.75, 3.05) is 13.2 Å². The van der Waals surface area contributed by atoms with Gasteiger partial charge in [-0.15, -0.1) is 0 Å². The zero-order valence-electron chi connectivity index (χ0n) is 29.1. The third kappa shape index (κ3) is 4.73. The van der Waals surface area contributed by atoms with E-state index in [9.17, 15) is 50.8 Å². The Hall–Kier alpha value is -1.19. The quantitative estimate of drug-likeness (QED) is 0.146. The predicted molar refractivity (Wildman–Crippen MR) is 171 cm³/mol. The van der Waals surface area contributed by atoms with Crippen molar-refractivity contribution < 1.29 is 60.2 Å². The first-order chi connectivity index (χ1) is 22.2. The molecule has 9 N–H and O–H groups in total. The van der Waals surface area contributed by atoms with Gasteiger partial charge in [0.25, 0.3) is 0 Å². The molecule has 274 valence electrons. The van der Waals surface area contributed by atoms with Crippen LogP contribution in [0.4, 0.5) is 0 Å². The van der Waals surface area contributed by atoms with Crippen LogP contribution in [0.5, 0.6) is 0 Å². The molecule has 6 rings (SSSR count). The Morgan fingerprint density at radius 2 is 1.54 bits per heavy atom. The third-order valence-corrected chi connectivity index (χ3v) is 15.2. The fourth-order valence-corrected chi connectivity index (χ4v) is 12.6. The molecule has 5 aliphatic carbocycles. The Bertz CT molecular complexity index is 1300. The average Bonchev–Trinajstić information content (AvgIpc) is 2.98. The van der Waals surface area contributed by atoms with Gasteiger partial charge in [0.05, 0.1) is 37.6 Å². The van der Waals surface area contributed by atoms with Crippen LogP contribution in [0.25, 0.3) is 0 Å². The van der Waals surface area contributed by atoms with Crippen molar-refractivity contribution in [3.63, 3.8) is 0 Å². The second-order valence-corrected chi connectivity index (χ2v) is 18.1. The summed E-state index contributed by atoms with van der Waals surface area (Å²) in [4.78, 5) is 13.0. The number of aliphatic carboxylic acids is 1. The molecule has 1 saturated heterocycles. The SMILES string of the molecule is CC1(C)CC[C@]2(C(=O)O)[C@H](O)C[C@]3(C)C(=CC[C@@H]4[C@@]5(C)C[C@H](O)[C@H](O[C@@H]6O[C@H](CO)[C@@H](O)[C@H](O)[C@H]6O)[C@@](C)(CO)[C@@H]5[C@H](O)C[C@]43C)[C@@H]2C1. The van der Waals surface area contributed by atoms with Crippen LogP contribution < -0.4 is 0 Å². The maximum atomic E-state index is 13.0. The molecule has 0 amide bonds. The highest BCUT2D eigenvalue weighted by molar-refractivity contribution is 5.77. The first-order valence-corrected chi connectivity index (χ1v) is 17.7. The Balaban J connectivity index is 1.39. The van der Waals surface area contributed by atoms with Gasteiger partial charge >= 0.3 is 5.97 Å². The third-order valence-electron chi connectivity index (χ3n) is 15.2. The van der Waals surface area contributed by atoms with Gasteiger partial charge in [-0.1, -0.05) is 53.2 Å². The summed E-state index contributed by atoms with van der Waals surface area (Å²) in [5, 5.41) is 98.8. The van der Waals surface area contributed by atoms with Gasteiger partial charge in [0.2, 0.25) is 0 Å². The molecule has 17 atom stereocenters. The lowest BCUT2D eigenvalue weighted by Gasteiger charge is -2.73. The van der Waals surface area contributed by atoms with Gasteiger partial charge in [-0.25, -0.2) is 0 Å². The van der Waals surface area contributed by atoms with Crippen LogP contribution in [0.15, 0.2) is 11.6 Å². The van der Waals surface area contributed by atoms with Gasteiger partial charge in [-0.2, -0.15) is 0 Å². The lowest BCUT2D eigenvalue weighted by atomic mass is 9.32. The molecule has 12 nitrogen and oxygen atoms in total. The average molecular weight is 683 g/mol. The summed E-state index contributed by atoms with van der Waals surface area (Å²) < 4.78 is 11.8. The molecule has 12 heteroatoms. The number of rotatable bonds is 5. The highest BCUT2D eigenvalue weighted by Gasteiger charge is 2.74. The van der Waals surface area contributed by atoms with Gasteiger partial charge in [-0.05, 0) is 78.4 Å². The van der Waals surface area contributed by atoms with Crippen LogP contribution >= 0.6 is 0 Å². The second kappa shape index (κ2) is 11.7. The monoisotopic (exact) mass is 682 g/mol. The fourth-order valence-electron chi connectivity index (χ4n) is 12.6. The van der Waals surface area contributed by atoms with E-state index in [0.29, 0.717) is 32.1 Å². The van der Waals surface area contributed by atoms with E-state index >= 15 is 0 Å². The van der Waals surface area contributed by atoms with Gasteiger partial charge in [-0.3, -0.25) is 4.79 Å². The van der Waals surface area contributed by atoms with Gasteiger partial charge < -0.3 is 55.4 Å². The summed E-state index contributed by atoms with van der Waals surface area (Å²) in [6, 6.07) is 0. The molecule has 1 heterocycles. The van der Waals surface area contributed by atoms with Crippen molar-refractivity contribution in [2.45, 2.75) is 142 Å². The van der Waals surface area contributed by atoms with Crippen LogP contribution in [-0.2, 0) is 14.3 Å². The zero-order chi connectivity index (χ0) is 35.6. The molecule has 0 spiro atoms. The molecular weight excluding hydrogens is 624 g/mol. The van der Waals surface area contributed by atoms with E-state index in [2.05, 4.69) is 33.8 Å². The topological polar surface area (TPSA) is 218 Å². The predicted octanol–water partition coefficient (Wildman–Crippen LogP) is 0.943. The number of carbonyl (C=O) groups is 1. The lowest BCUT2D eigenvalue weighted by molar-refractivity contribution is -0.351. The Kier molecular flexibility index (Phi) is 8.89. The molecule has 1 aliphatic heterocycles. The molecule has 48 heavy (non-hydrogen) atoms. The molecule has 0 unspecified atom stereocenters. The second-order valence-electron chi connectivity index (χ2n) is 18.1. The first kappa shape index (κ1) is 36.6. The Morgan fingerprint density at radius 3 is 2.15 bits per heavy atom. The van der Waals surface area contributed by atoms with E-state index in [4.69, 9.17) is 9.47 Å². The number of aliphatic hydroxyl groups is 8. The molecule has 0 bridgehead atoms. The Morgan fingerprint density at radius 1 is 0.875 bits per heavy atom. The van der Waals surface area contributed by atoms with Crippen molar-refractivity contribution in [1.82, 2.24) is 0 Å². The molecular formula is C36H58O12. The van der Waals surface area contributed by atoms with Gasteiger partial charge in [0.1, 0.15) is 29.8 Å². The van der Waals surface area contributed by atoms with Crippen molar-refractivity contribution in [2.24, 2.45) is 50.2 Å². The van der Waals surface area contributed by atoms with Gasteiger partial charge in [0, 0.05) is 11.3 Å². The van der Waals surface area contributed by atoms with E-state index in [1.165, 1.54) is 0 Å². The molecule has 0 aromatic rings. The largest absolute Gasteiger partial charge is 0.481 e. The lowest BCUT2D eigenvalue weighted by Crippen LogP contribution is -2.73. The summed E-state index contributed by atoms with van der Waals surface area (Å²) in [5.41, 5.74) is -3.57. The fraction of sp³-hybridized carbons (Fsp3) is 0.917. The summed E-state index contributed by atoms with van der Waals surface area (Å²) in [6.07, 6.45) is -6.88. The number of carboxylic acid groups (broad SMARTS) is 1. The molecule has 0 radical (unpaired) electrons. The maximum absolute atomic E-state index is 13.0. The smallest absolute Gasteiger partial charge is 0.312 e. The standard InChI is InChI=1S/C36H58O12/c1-31(2)9-10-36(30(45)46)18(11-31)17-7-8-22-32(3)12-20(40)28(48-29-26(44)25(43)24(42)21(15-37)47-29)33(4,16-38)27(32)19(39)13-35(22,6)34(17,5)14-23(36)41/h7,18-29,37-44H,8-16H2,1-6H3,(H,45,46)/t18-,19+,20-,21+,22+,23+,24+,25-,26+,27+,28-,29-,32+,33-,34+,35+,36+/m0/s1. The molecule has 6 aliphatic rings. The van der Waals surface area contributed by atoms with Crippen LogP contribution in [-0.4, -0.2) is 120 Å². The normalized spacial score (nSPS) is 56.2.